The first-order valence-corrected chi connectivity index (χ1v) is 7.43. The predicted molar refractivity (Wildman–Crippen MR) is 89.2 cm³/mol. The maximum absolute atomic E-state index is 12.8. The monoisotopic (exact) mass is 342 g/mol. The first kappa shape index (κ1) is 14.5. The number of aromatic nitrogens is 6. The summed E-state index contributed by atoms with van der Waals surface area (Å²) in [5.74, 6) is 0.262. The van der Waals surface area contributed by atoms with Crippen molar-refractivity contribution in [1.29, 1.82) is 0 Å². The van der Waals surface area contributed by atoms with E-state index in [1.165, 1.54) is 21.6 Å². The van der Waals surface area contributed by atoms with Gasteiger partial charge in [-0.3, -0.25) is 14.7 Å². The standard InChI is InChI=1S/C15H11ClN6O2/c1-8-13-11(6-12(23)21(8)15-17-7-18-19-15)20-22(14(13)24)10-4-2-9(16)3-5-10/h2-7,20H,1H3,(H,17,18,19). The number of benzene rings is 1. The molecule has 3 aromatic heterocycles. The topological polar surface area (TPSA) is 101 Å². The fourth-order valence-corrected chi connectivity index (χ4v) is 2.84. The number of H-pyrrole nitrogens is 2. The highest BCUT2D eigenvalue weighted by molar-refractivity contribution is 6.30. The van der Waals surface area contributed by atoms with Crippen molar-refractivity contribution < 1.29 is 0 Å². The SMILES string of the molecule is Cc1c2c(=O)n(-c3ccc(Cl)cc3)[nH]c2cc(=O)n1-c1ncn[nH]1. The van der Waals surface area contributed by atoms with Crippen LogP contribution in [0.2, 0.25) is 5.02 Å². The number of pyridine rings is 1. The van der Waals surface area contributed by atoms with Gasteiger partial charge in [-0.1, -0.05) is 11.6 Å². The Hall–Kier alpha value is -3.13. The summed E-state index contributed by atoms with van der Waals surface area (Å²) in [6.07, 6.45) is 1.30. The van der Waals surface area contributed by atoms with Crippen molar-refractivity contribution in [2.24, 2.45) is 0 Å². The molecule has 0 bridgehead atoms. The van der Waals surface area contributed by atoms with Gasteiger partial charge in [-0.15, -0.1) is 0 Å². The number of hydrogen-bond donors (Lipinski definition) is 2. The van der Waals surface area contributed by atoms with E-state index >= 15 is 0 Å². The van der Waals surface area contributed by atoms with Crippen LogP contribution in [0.25, 0.3) is 22.5 Å². The van der Waals surface area contributed by atoms with Crippen LogP contribution in [0, 0.1) is 6.92 Å². The van der Waals surface area contributed by atoms with E-state index in [0.717, 1.165) is 0 Å². The summed E-state index contributed by atoms with van der Waals surface area (Å²) in [5, 5.41) is 10.3. The molecule has 8 nitrogen and oxygen atoms in total. The van der Waals surface area contributed by atoms with Crippen LogP contribution < -0.4 is 11.1 Å². The van der Waals surface area contributed by atoms with Crippen LogP contribution in [0.5, 0.6) is 0 Å². The lowest BCUT2D eigenvalue weighted by Crippen LogP contribution is -2.22. The van der Waals surface area contributed by atoms with Crippen LogP contribution in [-0.4, -0.2) is 29.5 Å². The van der Waals surface area contributed by atoms with Crippen molar-refractivity contribution in [1.82, 2.24) is 29.5 Å². The number of nitrogens with one attached hydrogen (secondary N) is 2. The molecule has 0 saturated carbocycles. The third-order valence-electron chi connectivity index (χ3n) is 3.80. The van der Waals surface area contributed by atoms with E-state index in [0.29, 0.717) is 27.3 Å². The Labute approximate surface area is 139 Å². The molecule has 0 fully saturated rings. The number of halogens is 1. The van der Waals surface area contributed by atoms with Gasteiger partial charge in [0, 0.05) is 16.8 Å². The van der Waals surface area contributed by atoms with Crippen LogP contribution in [0.1, 0.15) is 5.69 Å². The minimum Gasteiger partial charge on any atom is -0.290 e. The molecule has 0 amide bonds. The van der Waals surface area contributed by atoms with E-state index < -0.39 is 0 Å². The van der Waals surface area contributed by atoms with E-state index in [-0.39, 0.29) is 17.1 Å². The van der Waals surface area contributed by atoms with Crippen molar-refractivity contribution in [3.63, 3.8) is 0 Å². The van der Waals surface area contributed by atoms with Crippen LogP contribution in [0.15, 0.2) is 46.2 Å². The number of hydrogen-bond acceptors (Lipinski definition) is 4. The lowest BCUT2D eigenvalue weighted by atomic mass is 10.2. The Morgan fingerprint density at radius 1 is 1.17 bits per heavy atom. The summed E-state index contributed by atoms with van der Waals surface area (Å²) in [7, 11) is 0. The van der Waals surface area contributed by atoms with E-state index in [1.54, 1.807) is 31.2 Å². The van der Waals surface area contributed by atoms with Gasteiger partial charge in [0.1, 0.15) is 6.33 Å². The molecule has 9 heteroatoms. The Balaban J connectivity index is 2.03. The van der Waals surface area contributed by atoms with E-state index in [1.807, 2.05) is 0 Å². The minimum absolute atomic E-state index is 0.262. The second kappa shape index (κ2) is 5.20. The molecule has 24 heavy (non-hydrogen) atoms. The number of aromatic amines is 2. The van der Waals surface area contributed by atoms with Crippen molar-refractivity contribution in [2.45, 2.75) is 6.92 Å². The number of nitrogens with zero attached hydrogens (tertiary/aromatic N) is 4. The highest BCUT2D eigenvalue weighted by Gasteiger charge is 2.17. The summed E-state index contributed by atoms with van der Waals surface area (Å²) < 4.78 is 2.69. The number of rotatable bonds is 2. The molecule has 4 rings (SSSR count). The summed E-state index contributed by atoms with van der Waals surface area (Å²) in [4.78, 5) is 29.2. The fourth-order valence-electron chi connectivity index (χ4n) is 2.72. The second-order valence-electron chi connectivity index (χ2n) is 5.23. The minimum atomic E-state index is -0.318. The highest BCUT2D eigenvalue weighted by Crippen LogP contribution is 2.16. The molecule has 120 valence electrons. The number of aryl methyl sites for hydroxylation is 1. The normalized spacial score (nSPS) is 11.2. The van der Waals surface area contributed by atoms with Gasteiger partial charge in [0.25, 0.3) is 11.1 Å². The molecule has 0 unspecified atom stereocenters. The van der Waals surface area contributed by atoms with Gasteiger partial charge < -0.3 is 0 Å². The second-order valence-corrected chi connectivity index (χ2v) is 5.67. The zero-order valence-electron chi connectivity index (χ0n) is 12.4. The van der Waals surface area contributed by atoms with Gasteiger partial charge in [0.2, 0.25) is 5.95 Å². The first-order valence-electron chi connectivity index (χ1n) is 7.05. The molecular formula is C15H11ClN6O2. The van der Waals surface area contributed by atoms with Crippen LogP contribution in [-0.2, 0) is 0 Å². The maximum Gasteiger partial charge on any atom is 0.280 e. The van der Waals surface area contributed by atoms with Gasteiger partial charge in [0.15, 0.2) is 0 Å². The zero-order chi connectivity index (χ0) is 16.8. The number of fused-ring (bicyclic) bond motifs is 1. The molecule has 0 radical (unpaired) electrons. The maximum atomic E-state index is 12.8. The lowest BCUT2D eigenvalue weighted by molar-refractivity contribution is 0.863. The summed E-state index contributed by atoms with van der Waals surface area (Å²) in [5.41, 5.74) is 0.967. The average Bonchev–Trinajstić information content (AvgIpc) is 3.17. The van der Waals surface area contributed by atoms with Gasteiger partial charge in [-0.05, 0) is 31.2 Å². The molecule has 3 heterocycles. The molecule has 0 aliphatic rings. The van der Waals surface area contributed by atoms with Crippen molar-refractivity contribution >= 4 is 22.5 Å². The van der Waals surface area contributed by atoms with Crippen molar-refractivity contribution in [3.05, 3.63) is 68.1 Å². The molecule has 0 aliphatic heterocycles. The van der Waals surface area contributed by atoms with Crippen molar-refractivity contribution in [2.75, 3.05) is 0 Å². The Morgan fingerprint density at radius 2 is 1.92 bits per heavy atom. The van der Waals surface area contributed by atoms with Crippen LogP contribution in [0.3, 0.4) is 0 Å². The smallest absolute Gasteiger partial charge is 0.280 e. The van der Waals surface area contributed by atoms with Crippen LogP contribution in [0.4, 0.5) is 0 Å². The zero-order valence-corrected chi connectivity index (χ0v) is 13.2. The third kappa shape index (κ3) is 2.08. The molecule has 0 spiro atoms. The summed E-state index contributed by atoms with van der Waals surface area (Å²) >= 11 is 5.88. The Bertz CT molecular complexity index is 1150. The predicted octanol–water partition coefficient (Wildman–Crippen LogP) is 1.55. The third-order valence-corrected chi connectivity index (χ3v) is 4.05. The van der Waals surface area contributed by atoms with Gasteiger partial charge >= 0.3 is 0 Å². The molecular weight excluding hydrogens is 332 g/mol. The molecule has 2 N–H and O–H groups in total. The van der Waals surface area contributed by atoms with Gasteiger partial charge in [-0.25, -0.2) is 14.3 Å². The molecule has 0 saturated heterocycles. The molecule has 1 aromatic carbocycles. The average molecular weight is 343 g/mol. The highest BCUT2D eigenvalue weighted by atomic mass is 35.5. The van der Waals surface area contributed by atoms with Gasteiger partial charge in [0.05, 0.1) is 16.6 Å². The van der Waals surface area contributed by atoms with E-state index in [4.69, 9.17) is 11.6 Å². The molecule has 4 aromatic rings. The lowest BCUT2D eigenvalue weighted by Gasteiger charge is -2.05. The quantitative estimate of drug-likeness (QED) is 0.577. The van der Waals surface area contributed by atoms with Crippen molar-refractivity contribution in [3.8, 4) is 11.6 Å². The Kier molecular flexibility index (Phi) is 3.14. The van der Waals surface area contributed by atoms with E-state index in [9.17, 15) is 9.59 Å². The Morgan fingerprint density at radius 3 is 2.58 bits per heavy atom. The summed E-state index contributed by atoms with van der Waals surface area (Å²) in [6, 6.07) is 8.18. The fraction of sp³-hybridized carbons (Fsp3) is 0.0667. The van der Waals surface area contributed by atoms with Gasteiger partial charge in [-0.2, -0.15) is 10.1 Å². The van der Waals surface area contributed by atoms with E-state index in [2.05, 4.69) is 20.3 Å². The largest absolute Gasteiger partial charge is 0.290 e. The molecule has 0 aliphatic carbocycles. The first-order chi connectivity index (χ1) is 11.6. The molecule has 0 atom stereocenters. The van der Waals surface area contributed by atoms with Crippen LogP contribution >= 0.6 is 11.6 Å². The summed E-state index contributed by atoms with van der Waals surface area (Å²) in [6.45, 7) is 1.69.